The maximum atomic E-state index is 5.76. The average molecular weight is 328 g/mol. The molecule has 94 valence electrons. The first-order valence-electron chi connectivity index (χ1n) is 5.42. The van der Waals surface area contributed by atoms with E-state index in [9.17, 15) is 0 Å². The van der Waals surface area contributed by atoms with Gasteiger partial charge in [-0.3, -0.25) is 0 Å². The summed E-state index contributed by atoms with van der Waals surface area (Å²) in [5.74, 6) is 1.14. The molecule has 0 fully saturated rings. The Morgan fingerprint density at radius 1 is 1.33 bits per heavy atom. The van der Waals surface area contributed by atoms with Gasteiger partial charge in [0.25, 0.3) is 0 Å². The van der Waals surface area contributed by atoms with Crippen LogP contribution < -0.4 is 4.74 Å². The molecule has 0 atom stereocenters. The van der Waals surface area contributed by atoms with Gasteiger partial charge in [0.2, 0.25) is 0 Å². The number of alkyl halides is 1. The van der Waals surface area contributed by atoms with Gasteiger partial charge in [-0.15, -0.1) is 11.6 Å². The minimum Gasteiger partial charge on any atom is -0.424 e. The van der Waals surface area contributed by atoms with Gasteiger partial charge in [0.1, 0.15) is 5.75 Å². The molecule has 0 saturated heterocycles. The summed E-state index contributed by atoms with van der Waals surface area (Å²) in [6, 6.07) is 6.16. The first kappa shape index (κ1) is 13.3. The summed E-state index contributed by atoms with van der Waals surface area (Å²) in [6.07, 6.45) is 1.69. The number of nitrogens with zero attached hydrogens (tertiary/aromatic N) is 2. The number of benzene rings is 1. The highest BCUT2D eigenvalue weighted by molar-refractivity contribution is 9.10. The van der Waals surface area contributed by atoms with Crippen LogP contribution >= 0.6 is 27.5 Å². The number of ether oxygens (including phenoxy) is 1. The molecule has 0 amide bonds. The van der Waals surface area contributed by atoms with E-state index in [0.29, 0.717) is 11.9 Å². The second-order valence-corrected chi connectivity index (χ2v) is 5.09. The first-order chi connectivity index (χ1) is 8.60. The molecule has 0 aliphatic heterocycles. The normalized spacial score (nSPS) is 10.4. The zero-order valence-electron chi connectivity index (χ0n) is 10.1. The fourth-order valence-electron chi connectivity index (χ4n) is 1.43. The molecule has 2 rings (SSSR count). The average Bonchev–Trinajstić information content (AvgIpc) is 2.34. The second kappa shape index (κ2) is 5.67. The third-order valence-corrected chi connectivity index (χ3v) is 3.34. The molecule has 0 aliphatic rings. The van der Waals surface area contributed by atoms with E-state index in [1.54, 1.807) is 6.20 Å². The Morgan fingerprint density at radius 3 is 2.78 bits per heavy atom. The lowest BCUT2D eigenvalue weighted by atomic mass is 10.2. The molecule has 0 unspecified atom stereocenters. The zero-order valence-corrected chi connectivity index (χ0v) is 12.4. The highest BCUT2D eigenvalue weighted by Gasteiger charge is 2.07. The molecule has 0 saturated carbocycles. The maximum absolute atomic E-state index is 5.76. The van der Waals surface area contributed by atoms with Gasteiger partial charge in [-0.1, -0.05) is 22.0 Å². The van der Waals surface area contributed by atoms with E-state index < -0.39 is 0 Å². The lowest BCUT2D eigenvalue weighted by Gasteiger charge is -2.08. The molecule has 0 N–H and O–H groups in total. The predicted octanol–water partition coefficient (Wildman–Crippen LogP) is 4.39. The Hall–Kier alpha value is -1.13. The van der Waals surface area contributed by atoms with Gasteiger partial charge in [0, 0.05) is 21.9 Å². The van der Waals surface area contributed by atoms with E-state index >= 15 is 0 Å². The van der Waals surface area contributed by atoms with Gasteiger partial charge < -0.3 is 4.74 Å². The number of hydrogen-bond donors (Lipinski definition) is 0. The van der Waals surface area contributed by atoms with Crippen LogP contribution in [-0.4, -0.2) is 9.97 Å². The van der Waals surface area contributed by atoms with Crippen LogP contribution in [0.15, 0.2) is 28.9 Å². The highest BCUT2D eigenvalue weighted by atomic mass is 79.9. The van der Waals surface area contributed by atoms with Gasteiger partial charge in [0.15, 0.2) is 0 Å². The van der Waals surface area contributed by atoms with Crippen molar-refractivity contribution in [3.8, 4) is 11.8 Å². The fraction of sp³-hybridized carbons (Fsp3) is 0.231. The van der Waals surface area contributed by atoms with Crippen molar-refractivity contribution in [3.05, 3.63) is 45.7 Å². The molecule has 0 radical (unpaired) electrons. The van der Waals surface area contributed by atoms with Gasteiger partial charge in [-0.05, 0) is 31.5 Å². The zero-order chi connectivity index (χ0) is 13.1. The van der Waals surface area contributed by atoms with E-state index in [2.05, 4.69) is 25.9 Å². The van der Waals surface area contributed by atoms with Crippen LogP contribution in [0.2, 0.25) is 0 Å². The summed E-state index contributed by atoms with van der Waals surface area (Å²) in [6.45, 7) is 3.86. The Kier molecular flexibility index (Phi) is 4.19. The Labute approximate surface area is 119 Å². The first-order valence-corrected chi connectivity index (χ1v) is 6.75. The molecule has 1 aromatic heterocycles. The van der Waals surface area contributed by atoms with Crippen molar-refractivity contribution in [3.63, 3.8) is 0 Å². The molecule has 3 nitrogen and oxygen atoms in total. The van der Waals surface area contributed by atoms with Crippen LogP contribution in [0, 0.1) is 13.8 Å². The van der Waals surface area contributed by atoms with Crippen LogP contribution in [0.4, 0.5) is 0 Å². The topological polar surface area (TPSA) is 35.0 Å². The van der Waals surface area contributed by atoms with Gasteiger partial charge in [0.05, 0.1) is 5.88 Å². The quantitative estimate of drug-likeness (QED) is 0.784. The Bertz CT molecular complexity index is 575. The number of halogens is 2. The van der Waals surface area contributed by atoms with Crippen LogP contribution in [0.25, 0.3) is 0 Å². The Balaban J connectivity index is 2.28. The van der Waals surface area contributed by atoms with E-state index in [0.717, 1.165) is 27.0 Å². The van der Waals surface area contributed by atoms with Crippen molar-refractivity contribution in [2.45, 2.75) is 19.7 Å². The van der Waals surface area contributed by atoms with E-state index in [-0.39, 0.29) is 0 Å². The molecule has 18 heavy (non-hydrogen) atoms. The van der Waals surface area contributed by atoms with Gasteiger partial charge >= 0.3 is 6.01 Å². The number of hydrogen-bond acceptors (Lipinski definition) is 3. The lowest BCUT2D eigenvalue weighted by molar-refractivity contribution is 0.436. The van der Waals surface area contributed by atoms with Gasteiger partial charge in [-0.2, -0.15) is 4.98 Å². The van der Waals surface area contributed by atoms with Crippen molar-refractivity contribution < 1.29 is 4.74 Å². The molecular weight excluding hydrogens is 316 g/mol. The smallest absolute Gasteiger partial charge is 0.322 e. The van der Waals surface area contributed by atoms with Crippen molar-refractivity contribution in [2.75, 3.05) is 0 Å². The van der Waals surface area contributed by atoms with Crippen molar-refractivity contribution in [1.82, 2.24) is 9.97 Å². The summed E-state index contributed by atoms with van der Waals surface area (Å²) in [7, 11) is 0. The highest BCUT2D eigenvalue weighted by Crippen LogP contribution is 2.26. The minimum atomic E-state index is 0.336. The van der Waals surface area contributed by atoms with Crippen LogP contribution in [-0.2, 0) is 5.88 Å². The van der Waals surface area contributed by atoms with Crippen LogP contribution in [0.3, 0.4) is 0 Å². The molecule has 0 aliphatic carbocycles. The van der Waals surface area contributed by atoms with Gasteiger partial charge in [-0.25, -0.2) is 4.98 Å². The van der Waals surface area contributed by atoms with Crippen LogP contribution in [0.5, 0.6) is 11.8 Å². The summed E-state index contributed by atoms with van der Waals surface area (Å²) in [4.78, 5) is 8.42. The third-order valence-electron chi connectivity index (χ3n) is 2.55. The van der Waals surface area contributed by atoms with Crippen molar-refractivity contribution >= 4 is 27.5 Å². The largest absolute Gasteiger partial charge is 0.424 e. The molecule has 1 heterocycles. The molecule has 0 spiro atoms. The predicted molar refractivity (Wildman–Crippen MR) is 75.3 cm³/mol. The van der Waals surface area contributed by atoms with E-state index in [4.69, 9.17) is 16.3 Å². The standard InChI is InChI=1S/C13H12BrClN2O/c1-8-3-4-11(14)5-12(8)18-13-16-7-10(6-15)9(2)17-13/h3-5,7H,6H2,1-2H3. The monoisotopic (exact) mass is 326 g/mol. The fourth-order valence-corrected chi connectivity index (χ4v) is 2.04. The van der Waals surface area contributed by atoms with E-state index in [1.165, 1.54) is 0 Å². The molecule has 2 aromatic rings. The third kappa shape index (κ3) is 3.00. The summed E-state index contributed by atoms with van der Waals surface area (Å²) < 4.78 is 6.63. The maximum Gasteiger partial charge on any atom is 0.322 e. The second-order valence-electron chi connectivity index (χ2n) is 3.91. The van der Waals surface area contributed by atoms with Crippen molar-refractivity contribution in [1.29, 1.82) is 0 Å². The summed E-state index contributed by atoms with van der Waals surface area (Å²) in [5.41, 5.74) is 2.78. The lowest BCUT2D eigenvalue weighted by Crippen LogP contribution is -1.98. The number of aryl methyl sites for hydroxylation is 2. The minimum absolute atomic E-state index is 0.336. The van der Waals surface area contributed by atoms with E-state index in [1.807, 2.05) is 32.0 Å². The number of rotatable bonds is 3. The summed E-state index contributed by atoms with van der Waals surface area (Å²) >= 11 is 9.17. The number of aromatic nitrogens is 2. The molecular formula is C13H12BrClN2O. The Morgan fingerprint density at radius 2 is 2.11 bits per heavy atom. The SMILES string of the molecule is Cc1ccc(Br)cc1Oc1ncc(CCl)c(C)n1. The molecule has 0 bridgehead atoms. The van der Waals surface area contributed by atoms with Crippen molar-refractivity contribution in [2.24, 2.45) is 0 Å². The molecule has 1 aromatic carbocycles. The molecule has 5 heteroatoms. The summed E-state index contributed by atoms with van der Waals surface area (Å²) in [5, 5.41) is 0. The van der Waals surface area contributed by atoms with Crippen LogP contribution in [0.1, 0.15) is 16.8 Å².